The number of pyridine rings is 1. The predicted molar refractivity (Wildman–Crippen MR) is 110 cm³/mol. The van der Waals surface area contributed by atoms with Gasteiger partial charge < -0.3 is 9.84 Å². The maximum Gasteiger partial charge on any atom is 0.257 e. The van der Waals surface area contributed by atoms with Crippen molar-refractivity contribution in [2.45, 2.75) is 26.7 Å². The van der Waals surface area contributed by atoms with Crippen LogP contribution in [0.25, 0.3) is 22.2 Å². The molecule has 2 aromatic heterocycles. The van der Waals surface area contributed by atoms with Crippen LogP contribution in [0.4, 0.5) is 5.82 Å². The molecule has 0 unspecified atom stereocenters. The first-order valence-electron chi connectivity index (χ1n) is 9.26. The molecule has 0 spiro atoms. The minimum absolute atomic E-state index is 0.244. The van der Waals surface area contributed by atoms with Crippen LogP contribution in [0.15, 0.2) is 65.2 Å². The van der Waals surface area contributed by atoms with E-state index in [-0.39, 0.29) is 5.91 Å². The number of nitrogens with one attached hydrogen (secondary N) is 1. The lowest BCUT2D eigenvalue weighted by Crippen LogP contribution is -2.13. The average molecular weight is 371 g/mol. The Morgan fingerprint density at radius 1 is 1.04 bits per heavy atom. The molecule has 0 bridgehead atoms. The summed E-state index contributed by atoms with van der Waals surface area (Å²) in [5.74, 6) is 1.25. The lowest BCUT2D eigenvalue weighted by molar-refractivity contribution is 0.102. The number of fused-ring (bicyclic) bond motifs is 1. The van der Waals surface area contributed by atoms with Gasteiger partial charge in [0, 0.05) is 17.0 Å². The van der Waals surface area contributed by atoms with Crippen LogP contribution in [0.1, 0.15) is 41.4 Å². The SMILES string of the molecule is Cc1cc(NC(=O)c2cc(-c3ccc(C(C)C)cc3)nc3ccccc23)no1. The van der Waals surface area contributed by atoms with E-state index in [1.54, 1.807) is 13.0 Å². The third-order valence-corrected chi connectivity index (χ3v) is 4.70. The molecule has 2 aromatic carbocycles. The normalized spacial score (nSPS) is 11.1. The fourth-order valence-electron chi connectivity index (χ4n) is 3.16. The van der Waals surface area contributed by atoms with Crippen LogP contribution >= 0.6 is 0 Å². The number of carbonyl (C=O) groups is 1. The minimum Gasteiger partial charge on any atom is -0.360 e. The highest BCUT2D eigenvalue weighted by Gasteiger charge is 2.15. The van der Waals surface area contributed by atoms with Gasteiger partial charge in [-0.25, -0.2) is 4.98 Å². The van der Waals surface area contributed by atoms with Crippen LogP contribution in [0, 0.1) is 6.92 Å². The number of hydrogen-bond acceptors (Lipinski definition) is 4. The summed E-state index contributed by atoms with van der Waals surface area (Å²) in [6.07, 6.45) is 0. The predicted octanol–water partition coefficient (Wildman–Crippen LogP) is 5.57. The number of hydrogen-bond donors (Lipinski definition) is 1. The Morgan fingerprint density at radius 2 is 1.79 bits per heavy atom. The summed E-state index contributed by atoms with van der Waals surface area (Å²) in [5.41, 5.74) is 4.32. The first-order chi connectivity index (χ1) is 13.5. The maximum absolute atomic E-state index is 12.9. The Balaban J connectivity index is 1.77. The fraction of sp³-hybridized carbons (Fsp3) is 0.174. The lowest BCUT2D eigenvalue weighted by Gasteiger charge is -2.11. The van der Waals surface area contributed by atoms with E-state index < -0.39 is 0 Å². The van der Waals surface area contributed by atoms with Crippen molar-refractivity contribution >= 4 is 22.6 Å². The van der Waals surface area contributed by atoms with Crippen molar-refractivity contribution in [2.75, 3.05) is 5.32 Å². The molecule has 5 nitrogen and oxygen atoms in total. The van der Waals surface area contributed by atoms with Gasteiger partial charge in [0.15, 0.2) is 5.82 Å². The van der Waals surface area contributed by atoms with Gasteiger partial charge in [0.1, 0.15) is 5.76 Å². The quantitative estimate of drug-likeness (QED) is 0.509. The van der Waals surface area contributed by atoms with Crippen molar-refractivity contribution in [3.63, 3.8) is 0 Å². The van der Waals surface area contributed by atoms with E-state index >= 15 is 0 Å². The Labute approximate surface area is 163 Å². The number of aromatic nitrogens is 2. The number of aryl methyl sites for hydroxylation is 1. The highest BCUT2D eigenvalue weighted by atomic mass is 16.5. The number of rotatable bonds is 4. The van der Waals surface area contributed by atoms with Crippen molar-refractivity contribution in [3.05, 3.63) is 77.6 Å². The van der Waals surface area contributed by atoms with Gasteiger partial charge in [-0.2, -0.15) is 0 Å². The number of amides is 1. The highest BCUT2D eigenvalue weighted by molar-refractivity contribution is 6.12. The zero-order valence-corrected chi connectivity index (χ0v) is 16.1. The van der Waals surface area contributed by atoms with Crippen molar-refractivity contribution < 1.29 is 9.32 Å². The minimum atomic E-state index is -0.244. The van der Waals surface area contributed by atoms with E-state index in [1.807, 2.05) is 30.3 Å². The first-order valence-corrected chi connectivity index (χ1v) is 9.26. The van der Waals surface area contributed by atoms with Crippen LogP contribution < -0.4 is 5.32 Å². The van der Waals surface area contributed by atoms with Gasteiger partial charge in [0.05, 0.1) is 16.8 Å². The molecule has 2 heterocycles. The standard InChI is InChI=1S/C23H21N3O2/c1-14(2)16-8-10-17(11-9-16)21-13-19(18-6-4-5-7-20(18)24-21)23(27)25-22-12-15(3)28-26-22/h4-14H,1-3H3,(H,25,26,27). The van der Waals surface area contributed by atoms with Crippen LogP contribution in [-0.2, 0) is 0 Å². The van der Waals surface area contributed by atoms with Crippen LogP contribution in [0.2, 0.25) is 0 Å². The van der Waals surface area contributed by atoms with Gasteiger partial charge in [-0.3, -0.25) is 4.79 Å². The molecule has 0 fully saturated rings. The van der Waals surface area contributed by atoms with Crippen molar-refractivity contribution in [1.29, 1.82) is 0 Å². The summed E-state index contributed by atoms with van der Waals surface area (Å²) >= 11 is 0. The molecule has 4 rings (SSSR count). The summed E-state index contributed by atoms with van der Waals surface area (Å²) in [4.78, 5) is 17.7. The molecule has 5 heteroatoms. The number of benzene rings is 2. The van der Waals surface area contributed by atoms with E-state index in [0.29, 0.717) is 23.1 Å². The van der Waals surface area contributed by atoms with Crippen LogP contribution in [0.5, 0.6) is 0 Å². The van der Waals surface area contributed by atoms with Gasteiger partial charge in [-0.1, -0.05) is 61.5 Å². The fourth-order valence-corrected chi connectivity index (χ4v) is 3.16. The number of para-hydroxylation sites is 1. The van der Waals surface area contributed by atoms with Gasteiger partial charge in [-0.05, 0) is 30.5 Å². The zero-order chi connectivity index (χ0) is 19.7. The second-order valence-electron chi connectivity index (χ2n) is 7.13. The van der Waals surface area contributed by atoms with Crippen LogP contribution in [0.3, 0.4) is 0 Å². The molecule has 0 aliphatic carbocycles. The first kappa shape index (κ1) is 17.9. The van der Waals surface area contributed by atoms with Crippen molar-refractivity contribution in [2.24, 2.45) is 0 Å². The molecule has 4 aromatic rings. The molecular weight excluding hydrogens is 350 g/mol. The van der Waals surface area contributed by atoms with E-state index in [1.165, 1.54) is 5.56 Å². The number of nitrogens with zero attached hydrogens (tertiary/aromatic N) is 2. The molecule has 1 amide bonds. The second kappa shape index (κ2) is 7.27. The Hall–Kier alpha value is -3.47. The Kier molecular flexibility index (Phi) is 4.65. The molecule has 28 heavy (non-hydrogen) atoms. The molecule has 0 saturated heterocycles. The molecule has 0 saturated carbocycles. The molecule has 0 aliphatic rings. The van der Waals surface area contributed by atoms with Crippen molar-refractivity contribution in [3.8, 4) is 11.3 Å². The van der Waals surface area contributed by atoms with Gasteiger partial charge >= 0.3 is 0 Å². The van der Waals surface area contributed by atoms with E-state index in [0.717, 1.165) is 22.2 Å². The van der Waals surface area contributed by atoms with Crippen molar-refractivity contribution in [1.82, 2.24) is 10.1 Å². The third-order valence-electron chi connectivity index (χ3n) is 4.70. The smallest absolute Gasteiger partial charge is 0.257 e. The van der Waals surface area contributed by atoms with Crippen LogP contribution in [-0.4, -0.2) is 16.0 Å². The zero-order valence-electron chi connectivity index (χ0n) is 16.1. The molecular formula is C23H21N3O2. The highest BCUT2D eigenvalue weighted by Crippen LogP contribution is 2.27. The topological polar surface area (TPSA) is 68.0 Å². The third kappa shape index (κ3) is 3.51. The number of anilines is 1. The van der Waals surface area contributed by atoms with Gasteiger partial charge in [-0.15, -0.1) is 0 Å². The van der Waals surface area contributed by atoms with E-state index in [4.69, 9.17) is 9.51 Å². The largest absolute Gasteiger partial charge is 0.360 e. The summed E-state index contributed by atoms with van der Waals surface area (Å²) < 4.78 is 5.04. The van der Waals surface area contributed by atoms with E-state index in [9.17, 15) is 4.79 Å². The monoisotopic (exact) mass is 371 g/mol. The Morgan fingerprint density at radius 3 is 2.46 bits per heavy atom. The molecule has 0 radical (unpaired) electrons. The molecule has 0 atom stereocenters. The van der Waals surface area contributed by atoms with E-state index in [2.05, 4.69) is 48.6 Å². The maximum atomic E-state index is 12.9. The molecule has 140 valence electrons. The van der Waals surface area contributed by atoms with Gasteiger partial charge in [0.25, 0.3) is 5.91 Å². The molecule has 0 aliphatic heterocycles. The summed E-state index contributed by atoms with van der Waals surface area (Å²) in [7, 11) is 0. The Bertz CT molecular complexity index is 1140. The molecule has 1 N–H and O–H groups in total. The van der Waals surface area contributed by atoms with Gasteiger partial charge in [0.2, 0.25) is 0 Å². The summed E-state index contributed by atoms with van der Waals surface area (Å²) in [5, 5.41) is 7.44. The average Bonchev–Trinajstić information content (AvgIpc) is 3.11. The lowest BCUT2D eigenvalue weighted by atomic mass is 9.99. The second-order valence-corrected chi connectivity index (χ2v) is 7.13. The summed E-state index contributed by atoms with van der Waals surface area (Å²) in [6.45, 7) is 6.11. The number of carbonyl (C=O) groups excluding carboxylic acids is 1. The summed E-state index contributed by atoms with van der Waals surface area (Å²) in [6, 6.07) is 19.5.